The number of carboxylic acid groups (broad SMARTS) is 1. The number of carbonyl (C=O) groups is 2. The van der Waals surface area contributed by atoms with Crippen molar-refractivity contribution in [3.8, 4) is 0 Å². The van der Waals surface area contributed by atoms with E-state index in [2.05, 4.69) is 9.50 Å². The van der Waals surface area contributed by atoms with Crippen LogP contribution in [-0.2, 0) is 38.4 Å². The number of rotatable bonds is 7. The SMILES string of the molecule is CC(=O)N[C@H]1C(O)O[C@H](CO)C(O[C@@H]2OC(C(=O)[O-])=C[C@H](O)[C@H]2OS(=O)(=O)[O-])[C@@H]1O. The highest BCUT2D eigenvalue weighted by molar-refractivity contribution is 7.80. The molecule has 0 aliphatic carbocycles. The summed E-state index contributed by atoms with van der Waals surface area (Å²) < 4.78 is 52.2. The number of aliphatic hydroxyl groups is 4. The standard InChI is InChI=1S/C14H21NO14S/c1-4(17)15-8-9(19)11(7(3-16)26-13(8)22)28-14-10(29-30(23,24)25)5(18)2-6(27-14)12(20)21/h2,5,7-11,13-14,16,18-19,22H,3H2,1H3,(H,15,17)(H,20,21)(H,23,24,25)/p-2/t5-,7+,8+,9+,10+,11?,13?,14-/m0/s1. The van der Waals surface area contributed by atoms with Gasteiger partial charge in [0.05, 0.1) is 6.61 Å². The van der Waals surface area contributed by atoms with E-state index in [-0.39, 0.29) is 0 Å². The van der Waals surface area contributed by atoms with Gasteiger partial charge in [0.2, 0.25) is 22.6 Å². The van der Waals surface area contributed by atoms with Gasteiger partial charge in [-0.3, -0.25) is 8.98 Å². The lowest BCUT2D eigenvalue weighted by Gasteiger charge is -2.45. The molecule has 1 fully saturated rings. The summed E-state index contributed by atoms with van der Waals surface area (Å²) in [6, 6.07) is -1.48. The van der Waals surface area contributed by atoms with Crippen LogP contribution in [0, 0.1) is 0 Å². The van der Waals surface area contributed by atoms with Crippen LogP contribution in [0.15, 0.2) is 11.8 Å². The van der Waals surface area contributed by atoms with E-state index in [9.17, 15) is 48.1 Å². The number of nitrogens with one attached hydrogen (secondary N) is 1. The van der Waals surface area contributed by atoms with Crippen molar-refractivity contribution in [3.05, 3.63) is 11.8 Å². The maximum Gasteiger partial charge on any atom is 0.231 e. The van der Waals surface area contributed by atoms with Crippen LogP contribution in [0.3, 0.4) is 0 Å². The van der Waals surface area contributed by atoms with Gasteiger partial charge < -0.3 is 54.4 Å². The van der Waals surface area contributed by atoms with E-state index < -0.39 is 83.8 Å². The molecule has 2 aliphatic heterocycles. The zero-order valence-corrected chi connectivity index (χ0v) is 16.0. The first kappa shape index (κ1) is 24.4. The summed E-state index contributed by atoms with van der Waals surface area (Å²) in [7, 11) is -5.44. The summed E-state index contributed by atoms with van der Waals surface area (Å²) in [6.45, 7) is 0.198. The molecule has 2 aliphatic rings. The normalized spacial score (nSPS) is 37.1. The second-order valence-corrected chi connectivity index (χ2v) is 7.34. The summed E-state index contributed by atoms with van der Waals surface area (Å²) in [6.07, 6.45) is -12.6. The molecule has 0 bridgehead atoms. The summed E-state index contributed by atoms with van der Waals surface area (Å²) in [4.78, 5) is 22.3. The largest absolute Gasteiger partial charge is 0.726 e. The molecule has 2 rings (SSSR count). The van der Waals surface area contributed by atoms with E-state index in [1.165, 1.54) is 0 Å². The van der Waals surface area contributed by atoms with Gasteiger partial charge in [0.15, 0.2) is 12.4 Å². The van der Waals surface area contributed by atoms with Crippen LogP contribution in [0.2, 0.25) is 0 Å². The number of carbonyl (C=O) groups excluding carboxylic acids is 2. The molecule has 15 nitrogen and oxygen atoms in total. The van der Waals surface area contributed by atoms with Crippen molar-refractivity contribution in [2.45, 2.75) is 56.1 Å². The van der Waals surface area contributed by atoms with Gasteiger partial charge in [-0.25, -0.2) is 8.42 Å². The van der Waals surface area contributed by atoms with Gasteiger partial charge >= 0.3 is 0 Å². The molecule has 0 aromatic rings. The van der Waals surface area contributed by atoms with Gasteiger partial charge in [0.25, 0.3) is 0 Å². The Bertz CT molecular complexity index is 784. The fourth-order valence-corrected chi connectivity index (χ4v) is 3.37. The Morgan fingerprint density at radius 1 is 1.27 bits per heavy atom. The molecule has 2 heterocycles. The zero-order valence-electron chi connectivity index (χ0n) is 15.2. The second-order valence-electron chi connectivity index (χ2n) is 6.33. The van der Waals surface area contributed by atoms with Crippen molar-refractivity contribution in [2.75, 3.05) is 6.61 Å². The summed E-state index contributed by atoms with van der Waals surface area (Å²) in [5, 5.41) is 53.0. The van der Waals surface area contributed by atoms with Crippen LogP contribution in [0.4, 0.5) is 0 Å². The minimum Gasteiger partial charge on any atom is -0.726 e. The molecule has 0 radical (unpaired) electrons. The Morgan fingerprint density at radius 3 is 2.40 bits per heavy atom. The third-order valence-corrected chi connectivity index (χ3v) is 4.59. The lowest BCUT2D eigenvalue weighted by molar-refractivity contribution is -0.321. The maximum atomic E-state index is 11.3. The Hall–Kier alpha value is -1.89. The van der Waals surface area contributed by atoms with E-state index in [0.717, 1.165) is 6.92 Å². The van der Waals surface area contributed by atoms with Crippen molar-refractivity contribution in [3.63, 3.8) is 0 Å². The first-order valence-corrected chi connectivity index (χ1v) is 9.64. The van der Waals surface area contributed by atoms with E-state index >= 15 is 0 Å². The fourth-order valence-electron chi connectivity index (χ4n) is 2.90. The Kier molecular flexibility index (Phi) is 7.72. The second kappa shape index (κ2) is 9.50. The van der Waals surface area contributed by atoms with E-state index in [1.807, 2.05) is 0 Å². The first-order valence-electron chi connectivity index (χ1n) is 8.31. The number of carboxylic acids is 1. The maximum absolute atomic E-state index is 11.3. The van der Waals surface area contributed by atoms with Gasteiger partial charge in [-0.2, -0.15) is 0 Å². The molecule has 5 N–H and O–H groups in total. The number of hydrogen-bond acceptors (Lipinski definition) is 14. The molecule has 0 aromatic heterocycles. The van der Waals surface area contributed by atoms with E-state index in [4.69, 9.17) is 14.2 Å². The predicted octanol–water partition coefficient (Wildman–Crippen LogP) is -5.86. The summed E-state index contributed by atoms with van der Waals surface area (Å²) >= 11 is 0. The molecular formula is C14H19NO14S-2. The van der Waals surface area contributed by atoms with Gasteiger partial charge in [-0.05, 0) is 6.08 Å². The molecule has 0 aromatic carbocycles. The number of aliphatic carboxylic acids is 1. The average molecular weight is 457 g/mol. The predicted molar refractivity (Wildman–Crippen MR) is 85.0 cm³/mol. The minimum atomic E-state index is -5.44. The highest BCUT2D eigenvalue weighted by Crippen LogP contribution is 2.29. The molecule has 30 heavy (non-hydrogen) atoms. The van der Waals surface area contributed by atoms with Crippen molar-refractivity contribution >= 4 is 22.3 Å². The van der Waals surface area contributed by atoms with E-state index in [0.29, 0.717) is 6.08 Å². The summed E-state index contributed by atoms with van der Waals surface area (Å²) in [5.41, 5.74) is 0. The van der Waals surface area contributed by atoms with E-state index in [1.54, 1.807) is 0 Å². The number of ether oxygens (including phenoxy) is 3. The van der Waals surface area contributed by atoms with Crippen molar-refractivity contribution in [1.82, 2.24) is 5.32 Å². The van der Waals surface area contributed by atoms with Crippen LogP contribution < -0.4 is 10.4 Å². The van der Waals surface area contributed by atoms with Crippen LogP contribution in [-0.4, -0.2) is 101 Å². The molecule has 8 atom stereocenters. The molecule has 0 saturated carbocycles. The molecule has 1 saturated heterocycles. The van der Waals surface area contributed by atoms with Gasteiger partial charge in [-0.1, -0.05) is 0 Å². The van der Waals surface area contributed by atoms with Crippen LogP contribution in [0.5, 0.6) is 0 Å². The molecule has 2 unspecified atom stereocenters. The van der Waals surface area contributed by atoms with Crippen LogP contribution in [0.25, 0.3) is 0 Å². The topological polar surface area (TPSA) is 244 Å². The lowest BCUT2D eigenvalue weighted by atomic mass is 9.96. The van der Waals surface area contributed by atoms with Gasteiger partial charge in [0.1, 0.15) is 42.2 Å². The van der Waals surface area contributed by atoms with Crippen LogP contribution >= 0.6 is 0 Å². The number of aliphatic hydroxyl groups excluding tert-OH is 4. The molecule has 16 heteroatoms. The quantitative estimate of drug-likeness (QED) is 0.177. The molecule has 0 spiro atoms. The zero-order chi connectivity index (χ0) is 22.8. The fraction of sp³-hybridized carbons (Fsp3) is 0.714. The average Bonchev–Trinajstić information content (AvgIpc) is 2.61. The van der Waals surface area contributed by atoms with Gasteiger partial charge in [0, 0.05) is 6.92 Å². The third kappa shape index (κ3) is 5.84. The van der Waals surface area contributed by atoms with Crippen molar-refractivity contribution < 1.29 is 66.5 Å². The smallest absolute Gasteiger partial charge is 0.231 e. The molecule has 172 valence electrons. The summed E-state index contributed by atoms with van der Waals surface area (Å²) in [5.74, 6) is -3.62. The highest BCUT2D eigenvalue weighted by Gasteiger charge is 2.49. The minimum absolute atomic E-state index is 0.492. The van der Waals surface area contributed by atoms with Crippen molar-refractivity contribution in [2.24, 2.45) is 0 Å². The highest BCUT2D eigenvalue weighted by atomic mass is 32.3. The first-order chi connectivity index (χ1) is 13.8. The van der Waals surface area contributed by atoms with Crippen molar-refractivity contribution in [1.29, 1.82) is 0 Å². The van der Waals surface area contributed by atoms with Crippen LogP contribution in [0.1, 0.15) is 6.92 Å². The molecular weight excluding hydrogens is 438 g/mol. The Labute approximate surface area is 169 Å². The number of amides is 1. The number of hydrogen-bond donors (Lipinski definition) is 5. The third-order valence-electron chi connectivity index (χ3n) is 4.13. The Morgan fingerprint density at radius 2 is 1.90 bits per heavy atom. The Balaban J connectivity index is 2.33. The van der Waals surface area contributed by atoms with Gasteiger partial charge in [-0.15, -0.1) is 0 Å². The monoisotopic (exact) mass is 457 g/mol. The molecule has 1 amide bonds. The lowest BCUT2D eigenvalue weighted by Crippen LogP contribution is -2.66.